The third kappa shape index (κ3) is 5.04. The summed E-state index contributed by atoms with van der Waals surface area (Å²) in [6, 6.07) is 4.31. The highest BCUT2D eigenvalue weighted by atomic mass is 32.2. The Morgan fingerprint density at radius 1 is 1.60 bits per heavy atom. The second-order valence-corrected chi connectivity index (χ2v) is 5.15. The molecule has 0 bridgehead atoms. The predicted octanol–water partition coefficient (Wildman–Crippen LogP) is 1.50. The molecule has 1 aromatic heterocycles. The molecule has 0 saturated heterocycles. The minimum atomic E-state index is -0.677. The molecule has 2 unspecified atom stereocenters. The molecule has 0 aliphatic rings. The molecule has 15 heavy (non-hydrogen) atoms. The van der Waals surface area contributed by atoms with E-state index in [-0.39, 0.29) is 0 Å². The SMILES string of the molecule is CC(NCCCS(C)=O)c1cccnc1. The Kier molecular flexibility index (Phi) is 5.50. The van der Waals surface area contributed by atoms with Crippen molar-refractivity contribution in [2.75, 3.05) is 18.6 Å². The van der Waals surface area contributed by atoms with Crippen molar-refractivity contribution in [3.05, 3.63) is 30.1 Å². The fourth-order valence-corrected chi connectivity index (χ4v) is 1.89. The highest BCUT2D eigenvalue weighted by molar-refractivity contribution is 7.84. The van der Waals surface area contributed by atoms with E-state index in [0.717, 1.165) is 18.7 Å². The van der Waals surface area contributed by atoms with Gasteiger partial charge in [-0.15, -0.1) is 0 Å². The van der Waals surface area contributed by atoms with Crippen molar-refractivity contribution < 1.29 is 4.21 Å². The van der Waals surface area contributed by atoms with E-state index in [9.17, 15) is 4.21 Å². The number of nitrogens with zero attached hydrogens (tertiary/aromatic N) is 1. The van der Waals surface area contributed by atoms with Crippen LogP contribution in [0.15, 0.2) is 24.5 Å². The van der Waals surface area contributed by atoms with Crippen molar-refractivity contribution in [1.29, 1.82) is 0 Å². The summed E-state index contributed by atoms with van der Waals surface area (Å²) in [6.07, 6.45) is 6.34. The summed E-state index contributed by atoms with van der Waals surface area (Å²) in [5.74, 6) is 0.771. The third-order valence-corrected chi connectivity index (χ3v) is 3.11. The van der Waals surface area contributed by atoms with Gasteiger partial charge < -0.3 is 5.32 Å². The molecule has 2 atom stereocenters. The molecule has 0 aromatic carbocycles. The molecule has 1 rings (SSSR count). The molecule has 0 aliphatic heterocycles. The van der Waals surface area contributed by atoms with Gasteiger partial charge in [-0.25, -0.2) is 0 Å². The highest BCUT2D eigenvalue weighted by Gasteiger charge is 2.03. The fourth-order valence-electron chi connectivity index (χ4n) is 1.34. The Balaban J connectivity index is 2.25. The molecule has 1 N–H and O–H groups in total. The van der Waals surface area contributed by atoms with E-state index >= 15 is 0 Å². The van der Waals surface area contributed by atoms with Crippen LogP contribution in [0.3, 0.4) is 0 Å². The fraction of sp³-hybridized carbons (Fsp3) is 0.545. The number of hydrogen-bond donors (Lipinski definition) is 1. The van der Waals surface area contributed by atoms with Crippen LogP contribution in [0.25, 0.3) is 0 Å². The van der Waals surface area contributed by atoms with Gasteiger partial charge in [0.2, 0.25) is 0 Å². The molecule has 84 valence electrons. The first kappa shape index (κ1) is 12.3. The maximum Gasteiger partial charge on any atom is 0.0315 e. The second kappa shape index (κ2) is 6.69. The predicted molar refractivity (Wildman–Crippen MR) is 64.2 cm³/mol. The van der Waals surface area contributed by atoms with Crippen LogP contribution in [-0.2, 0) is 10.8 Å². The summed E-state index contributed by atoms with van der Waals surface area (Å²) in [7, 11) is -0.677. The number of rotatable bonds is 6. The zero-order valence-corrected chi connectivity index (χ0v) is 10.1. The van der Waals surface area contributed by atoms with Crippen molar-refractivity contribution in [2.24, 2.45) is 0 Å². The average molecular weight is 226 g/mol. The number of hydrogen-bond acceptors (Lipinski definition) is 3. The largest absolute Gasteiger partial charge is 0.310 e. The maximum absolute atomic E-state index is 10.8. The van der Waals surface area contributed by atoms with E-state index in [1.807, 2.05) is 12.3 Å². The quantitative estimate of drug-likeness (QED) is 0.747. The van der Waals surface area contributed by atoms with Crippen LogP contribution in [0.5, 0.6) is 0 Å². The molecule has 0 spiro atoms. The van der Waals surface area contributed by atoms with E-state index in [4.69, 9.17) is 0 Å². The Morgan fingerprint density at radius 3 is 3.00 bits per heavy atom. The van der Waals surface area contributed by atoms with Crippen LogP contribution in [0.4, 0.5) is 0 Å². The topological polar surface area (TPSA) is 42.0 Å². The zero-order valence-electron chi connectivity index (χ0n) is 9.27. The molecule has 1 heterocycles. The lowest BCUT2D eigenvalue weighted by atomic mass is 10.1. The molecule has 4 heteroatoms. The summed E-state index contributed by atoms with van der Waals surface area (Å²) in [4.78, 5) is 4.07. The summed E-state index contributed by atoms with van der Waals surface area (Å²) in [5.41, 5.74) is 1.19. The molecule has 0 aliphatic carbocycles. The first-order valence-corrected chi connectivity index (χ1v) is 6.86. The molecule has 0 fully saturated rings. The van der Waals surface area contributed by atoms with Crippen molar-refractivity contribution in [3.8, 4) is 0 Å². The van der Waals surface area contributed by atoms with Gasteiger partial charge in [0.1, 0.15) is 0 Å². The summed E-state index contributed by atoms with van der Waals surface area (Å²) >= 11 is 0. The van der Waals surface area contributed by atoms with Crippen LogP contribution in [0.1, 0.15) is 24.9 Å². The lowest BCUT2D eigenvalue weighted by Crippen LogP contribution is -2.21. The van der Waals surface area contributed by atoms with Gasteiger partial charge in [-0.05, 0) is 31.5 Å². The minimum Gasteiger partial charge on any atom is -0.310 e. The van der Waals surface area contributed by atoms with E-state index < -0.39 is 10.8 Å². The van der Waals surface area contributed by atoms with Gasteiger partial charge in [0.25, 0.3) is 0 Å². The normalized spacial score (nSPS) is 14.8. The van der Waals surface area contributed by atoms with E-state index in [1.54, 1.807) is 12.5 Å². The average Bonchev–Trinajstić information content (AvgIpc) is 2.25. The van der Waals surface area contributed by atoms with Crippen LogP contribution < -0.4 is 5.32 Å². The van der Waals surface area contributed by atoms with Gasteiger partial charge in [0.15, 0.2) is 0 Å². The molecule has 0 saturated carbocycles. The van der Waals surface area contributed by atoms with Gasteiger partial charge in [0.05, 0.1) is 0 Å². The standard InChI is InChI=1S/C11H18N2OS/c1-10(11-5-3-6-12-9-11)13-7-4-8-15(2)14/h3,5-6,9-10,13H,4,7-8H2,1-2H3. The highest BCUT2D eigenvalue weighted by Crippen LogP contribution is 2.09. The third-order valence-electron chi connectivity index (χ3n) is 2.24. The van der Waals surface area contributed by atoms with Crippen molar-refractivity contribution in [1.82, 2.24) is 10.3 Å². The smallest absolute Gasteiger partial charge is 0.0315 e. The maximum atomic E-state index is 10.8. The van der Waals surface area contributed by atoms with Gasteiger partial charge in [0, 0.05) is 41.2 Å². The van der Waals surface area contributed by atoms with Crippen LogP contribution in [0.2, 0.25) is 0 Å². The monoisotopic (exact) mass is 226 g/mol. The Morgan fingerprint density at radius 2 is 2.40 bits per heavy atom. The molecular formula is C11H18N2OS. The van der Waals surface area contributed by atoms with Gasteiger partial charge >= 0.3 is 0 Å². The number of aromatic nitrogens is 1. The number of pyridine rings is 1. The summed E-state index contributed by atoms with van der Waals surface area (Å²) in [5, 5.41) is 3.38. The minimum absolute atomic E-state index is 0.309. The van der Waals surface area contributed by atoms with Crippen molar-refractivity contribution in [2.45, 2.75) is 19.4 Å². The summed E-state index contributed by atoms with van der Waals surface area (Å²) in [6.45, 7) is 3.01. The van der Waals surface area contributed by atoms with Crippen molar-refractivity contribution >= 4 is 10.8 Å². The van der Waals surface area contributed by atoms with Crippen molar-refractivity contribution in [3.63, 3.8) is 0 Å². The second-order valence-electron chi connectivity index (χ2n) is 3.59. The Hall–Kier alpha value is -0.740. The zero-order chi connectivity index (χ0) is 11.1. The van der Waals surface area contributed by atoms with Gasteiger partial charge in [-0.3, -0.25) is 9.19 Å². The van der Waals surface area contributed by atoms with Crippen LogP contribution in [-0.4, -0.2) is 27.7 Å². The first-order chi connectivity index (χ1) is 7.20. The molecular weight excluding hydrogens is 208 g/mol. The molecule has 0 radical (unpaired) electrons. The Bertz CT molecular complexity index is 303. The molecule has 3 nitrogen and oxygen atoms in total. The Labute approximate surface area is 93.8 Å². The number of nitrogens with one attached hydrogen (secondary N) is 1. The first-order valence-electron chi connectivity index (χ1n) is 5.13. The van der Waals surface area contributed by atoms with E-state index in [1.165, 1.54) is 5.56 Å². The molecule has 1 aromatic rings. The van der Waals surface area contributed by atoms with Crippen LogP contribution >= 0.6 is 0 Å². The van der Waals surface area contributed by atoms with Gasteiger partial charge in [-0.1, -0.05) is 6.07 Å². The molecule has 0 amide bonds. The van der Waals surface area contributed by atoms with E-state index in [2.05, 4.69) is 23.3 Å². The van der Waals surface area contributed by atoms with Crippen LogP contribution in [0, 0.1) is 0 Å². The lowest BCUT2D eigenvalue weighted by molar-refractivity contribution is 0.569. The lowest BCUT2D eigenvalue weighted by Gasteiger charge is -2.13. The van der Waals surface area contributed by atoms with E-state index in [0.29, 0.717) is 6.04 Å². The summed E-state index contributed by atoms with van der Waals surface area (Å²) < 4.78 is 10.8. The van der Waals surface area contributed by atoms with Gasteiger partial charge in [-0.2, -0.15) is 0 Å².